The van der Waals surface area contributed by atoms with Crippen molar-refractivity contribution in [1.82, 2.24) is 5.32 Å². The molecule has 0 unspecified atom stereocenters. The molecule has 1 aromatic carbocycles. The smallest absolute Gasteiger partial charge is 0.311 e. The van der Waals surface area contributed by atoms with Crippen molar-refractivity contribution in [3.8, 4) is 0 Å². The molecule has 114 valence electrons. The van der Waals surface area contributed by atoms with E-state index in [2.05, 4.69) is 5.32 Å². The van der Waals surface area contributed by atoms with Gasteiger partial charge in [-0.15, -0.1) is 0 Å². The van der Waals surface area contributed by atoms with Gasteiger partial charge >= 0.3 is 5.97 Å². The minimum absolute atomic E-state index is 0.0358. The van der Waals surface area contributed by atoms with Crippen molar-refractivity contribution in [3.05, 3.63) is 35.1 Å². The second kappa shape index (κ2) is 6.24. The number of benzene rings is 1. The van der Waals surface area contributed by atoms with Crippen molar-refractivity contribution in [2.45, 2.75) is 39.0 Å². The van der Waals surface area contributed by atoms with Crippen molar-refractivity contribution in [2.75, 3.05) is 6.54 Å². The molecular weight excluding hydrogens is 273 g/mol. The Morgan fingerprint density at radius 2 is 1.95 bits per heavy atom. The fourth-order valence-corrected chi connectivity index (χ4v) is 2.86. The van der Waals surface area contributed by atoms with Crippen molar-refractivity contribution >= 4 is 11.9 Å². The van der Waals surface area contributed by atoms with Gasteiger partial charge in [-0.2, -0.15) is 0 Å². The lowest BCUT2D eigenvalue weighted by molar-refractivity contribution is -0.150. The average Bonchev–Trinajstić information content (AvgIpc) is 2.48. The Hall–Kier alpha value is -1.91. The summed E-state index contributed by atoms with van der Waals surface area (Å²) in [7, 11) is 0. The third-order valence-electron chi connectivity index (χ3n) is 4.29. The monoisotopic (exact) mass is 293 g/mol. The second-order valence-corrected chi connectivity index (χ2v) is 5.77. The summed E-state index contributed by atoms with van der Waals surface area (Å²) >= 11 is 0. The Bertz CT molecular complexity index is 550. The lowest BCUT2D eigenvalue weighted by atomic mass is 9.74. The maximum Gasteiger partial charge on any atom is 0.311 e. The van der Waals surface area contributed by atoms with Crippen LogP contribution in [0.3, 0.4) is 0 Å². The summed E-state index contributed by atoms with van der Waals surface area (Å²) in [5, 5.41) is 12.0. The highest BCUT2D eigenvalue weighted by atomic mass is 19.1. The minimum atomic E-state index is -0.909. The molecule has 0 bridgehead atoms. The van der Waals surface area contributed by atoms with Crippen molar-refractivity contribution in [3.63, 3.8) is 0 Å². The Morgan fingerprint density at radius 1 is 1.29 bits per heavy atom. The van der Waals surface area contributed by atoms with E-state index in [9.17, 15) is 19.1 Å². The van der Waals surface area contributed by atoms with Crippen LogP contribution in [0.5, 0.6) is 0 Å². The van der Waals surface area contributed by atoms with E-state index >= 15 is 0 Å². The van der Waals surface area contributed by atoms with Gasteiger partial charge in [-0.05, 0) is 31.4 Å². The van der Waals surface area contributed by atoms with Gasteiger partial charge in [0.1, 0.15) is 5.82 Å². The largest absolute Gasteiger partial charge is 0.481 e. The molecule has 2 rings (SSSR count). The molecule has 1 amide bonds. The molecule has 0 spiro atoms. The number of aliphatic carboxylic acids is 1. The molecule has 1 aliphatic rings. The molecule has 4 nitrogen and oxygen atoms in total. The maximum atomic E-state index is 13.9. The highest BCUT2D eigenvalue weighted by molar-refractivity contribution is 5.95. The summed E-state index contributed by atoms with van der Waals surface area (Å²) in [6.45, 7) is 1.64. The first-order valence-electron chi connectivity index (χ1n) is 7.23. The first kappa shape index (κ1) is 15.5. The summed E-state index contributed by atoms with van der Waals surface area (Å²) in [5.41, 5.74) is -0.548. The van der Waals surface area contributed by atoms with Gasteiger partial charge in [0.25, 0.3) is 5.91 Å². The van der Waals surface area contributed by atoms with Gasteiger partial charge in [0, 0.05) is 6.54 Å². The van der Waals surface area contributed by atoms with Gasteiger partial charge in [-0.1, -0.05) is 31.4 Å². The maximum absolute atomic E-state index is 13.9. The number of carboxylic acids is 1. The van der Waals surface area contributed by atoms with Gasteiger partial charge in [-0.3, -0.25) is 9.59 Å². The van der Waals surface area contributed by atoms with E-state index in [1.165, 1.54) is 6.07 Å². The van der Waals surface area contributed by atoms with Crippen LogP contribution in [0.25, 0.3) is 0 Å². The van der Waals surface area contributed by atoms with Crippen LogP contribution in [0.1, 0.15) is 48.0 Å². The van der Waals surface area contributed by atoms with Crippen LogP contribution in [0.4, 0.5) is 4.39 Å². The Labute approximate surface area is 123 Å². The third-order valence-corrected chi connectivity index (χ3v) is 4.29. The number of amides is 1. The van der Waals surface area contributed by atoms with E-state index in [1.807, 2.05) is 0 Å². The summed E-state index contributed by atoms with van der Waals surface area (Å²) < 4.78 is 13.9. The van der Waals surface area contributed by atoms with Gasteiger partial charge in [0.05, 0.1) is 11.0 Å². The lowest BCUT2D eigenvalue weighted by Gasteiger charge is -2.33. The van der Waals surface area contributed by atoms with E-state index < -0.39 is 23.1 Å². The van der Waals surface area contributed by atoms with E-state index in [0.717, 1.165) is 19.3 Å². The molecule has 0 atom stereocenters. The minimum Gasteiger partial charge on any atom is -0.481 e. The van der Waals surface area contributed by atoms with E-state index in [4.69, 9.17) is 0 Å². The third kappa shape index (κ3) is 3.23. The summed E-state index contributed by atoms with van der Waals surface area (Å²) in [5.74, 6) is -1.99. The number of halogens is 1. The predicted molar refractivity (Wildman–Crippen MR) is 76.6 cm³/mol. The van der Waals surface area contributed by atoms with Crippen LogP contribution in [0.2, 0.25) is 0 Å². The van der Waals surface area contributed by atoms with Gasteiger partial charge in [-0.25, -0.2) is 4.39 Å². The molecule has 1 saturated carbocycles. The van der Waals surface area contributed by atoms with Crippen LogP contribution < -0.4 is 5.32 Å². The molecule has 1 fully saturated rings. The van der Waals surface area contributed by atoms with Crippen molar-refractivity contribution in [2.24, 2.45) is 5.41 Å². The number of hydrogen-bond acceptors (Lipinski definition) is 2. The molecular formula is C16H20FNO3. The van der Waals surface area contributed by atoms with E-state index in [0.29, 0.717) is 18.4 Å². The Morgan fingerprint density at radius 3 is 2.57 bits per heavy atom. The lowest BCUT2D eigenvalue weighted by Crippen LogP contribution is -2.44. The second-order valence-electron chi connectivity index (χ2n) is 5.77. The molecule has 0 aromatic heterocycles. The Kier molecular flexibility index (Phi) is 4.60. The molecule has 1 aliphatic carbocycles. The highest BCUT2D eigenvalue weighted by Gasteiger charge is 2.39. The SMILES string of the molecule is Cc1cccc(C(=O)NCC2(C(=O)O)CCCCC2)c1F. The molecule has 0 saturated heterocycles. The standard InChI is InChI=1S/C16H20FNO3/c1-11-6-5-7-12(13(11)17)14(19)18-10-16(15(20)21)8-3-2-4-9-16/h5-7H,2-4,8-10H2,1H3,(H,18,19)(H,20,21). The zero-order valence-corrected chi connectivity index (χ0v) is 12.1. The fraction of sp³-hybridized carbons (Fsp3) is 0.500. The number of carboxylic acid groups (broad SMARTS) is 1. The average molecular weight is 293 g/mol. The molecule has 5 heteroatoms. The van der Waals surface area contributed by atoms with Gasteiger partial charge in [0.15, 0.2) is 0 Å². The molecule has 2 N–H and O–H groups in total. The summed E-state index contributed by atoms with van der Waals surface area (Å²) in [6.07, 6.45) is 3.83. The quantitative estimate of drug-likeness (QED) is 0.897. The molecule has 1 aromatic rings. The molecule has 0 heterocycles. The number of rotatable bonds is 4. The first-order valence-corrected chi connectivity index (χ1v) is 7.23. The number of carbonyl (C=O) groups excluding carboxylic acids is 1. The van der Waals surface area contributed by atoms with Crippen molar-refractivity contribution in [1.29, 1.82) is 0 Å². The van der Waals surface area contributed by atoms with Crippen LogP contribution >= 0.6 is 0 Å². The Balaban J connectivity index is 2.09. The molecule has 0 radical (unpaired) electrons. The van der Waals surface area contributed by atoms with Gasteiger partial charge in [0.2, 0.25) is 0 Å². The number of nitrogens with one attached hydrogen (secondary N) is 1. The molecule has 21 heavy (non-hydrogen) atoms. The first-order chi connectivity index (χ1) is 9.96. The zero-order valence-electron chi connectivity index (χ0n) is 12.1. The van der Waals surface area contributed by atoms with E-state index in [-0.39, 0.29) is 12.1 Å². The van der Waals surface area contributed by atoms with Crippen LogP contribution in [-0.4, -0.2) is 23.5 Å². The molecule has 0 aliphatic heterocycles. The van der Waals surface area contributed by atoms with Gasteiger partial charge < -0.3 is 10.4 Å². The van der Waals surface area contributed by atoms with E-state index in [1.54, 1.807) is 19.1 Å². The normalized spacial score (nSPS) is 17.2. The van der Waals surface area contributed by atoms with Crippen molar-refractivity contribution < 1.29 is 19.1 Å². The fourth-order valence-electron chi connectivity index (χ4n) is 2.86. The summed E-state index contributed by atoms with van der Waals surface area (Å²) in [4.78, 5) is 23.6. The van der Waals surface area contributed by atoms with Crippen LogP contribution in [0, 0.1) is 18.2 Å². The predicted octanol–water partition coefficient (Wildman–Crippen LogP) is 2.90. The highest BCUT2D eigenvalue weighted by Crippen LogP contribution is 2.36. The number of hydrogen-bond donors (Lipinski definition) is 2. The number of aryl methyl sites for hydroxylation is 1. The zero-order chi connectivity index (χ0) is 15.5. The van der Waals surface area contributed by atoms with Crippen LogP contribution in [-0.2, 0) is 4.79 Å². The number of carbonyl (C=O) groups is 2. The summed E-state index contributed by atoms with van der Waals surface area (Å²) in [6, 6.07) is 4.61. The van der Waals surface area contributed by atoms with Crippen LogP contribution in [0.15, 0.2) is 18.2 Å². The topological polar surface area (TPSA) is 66.4 Å².